The Hall–Kier alpha value is -2.54. The molecule has 1 atom stereocenters. The SMILES string of the molecule is NC(=O)CN1CCC[C@H]1c1ccnc(Nc2ccccn2)n1. The summed E-state index contributed by atoms with van der Waals surface area (Å²) in [4.78, 5) is 26.2. The monoisotopic (exact) mass is 298 g/mol. The van der Waals surface area contributed by atoms with E-state index >= 15 is 0 Å². The Labute approximate surface area is 128 Å². The van der Waals surface area contributed by atoms with Gasteiger partial charge in [-0.1, -0.05) is 6.07 Å². The second-order valence-electron chi connectivity index (χ2n) is 5.24. The second kappa shape index (κ2) is 6.48. The number of nitrogens with one attached hydrogen (secondary N) is 1. The van der Waals surface area contributed by atoms with Gasteiger partial charge in [-0.2, -0.15) is 0 Å². The van der Waals surface area contributed by atoms with Crippen LogP contribution in [0, 0.1) is 0 Å². The average molecular weight is 298 g/mol. The van der Waals surface area contributed by atoms with Crippen LogP contribution in [-0.4, -0.2) is 38.8 Å². The third kappa shape index (κ3) is 3.37. The van der Waals surface area contributed by atoms with Crippen LogP contribution in [0.2, 0.25) is 0 Å². The predicted molar refractivity (Wildman–Crippen MR) is 82.3 cm³/mol. The lowest BCUT2D eigenvalue weighted by Crippen LogP contribution is -2.33. The molecule has 2 aromatic heterocycles. The van der Waals surface area contributed by atoms with Gasteiger partial charge >= 0.3 is 0 Å². The number of nitrogens with two attached hydrogens (primary N) is 1. The summed E-state index contributed by atoms with van der Waals surface area (Å²) in [5.74, 6) is 0.884. The minimum absolute atomic E-state index is 0.111. The summed E-state index contributed by atoms with van der Waals surface area (Å²) in [6, 6.07) is 7.59. The van der Waals surface area contributed by atoms with Crippen LogP contribution in [0.25, 0.3) is 0 Å². The van der Waals surface area contributed by atoms with E-state index in [1.807, 2.05) is 24.3 Å². The van der Waals surface area contributed by atoms with Crippen molar-refractivity contribution in [1.29, 1.82) is 0 Å². The predicted octanol–water partition coefficient (Wildman–Crippen LogP) is 1.24. The molecule has 2 aromatic rings. The zero-order valence-corrected chi connectivity index (χ0v) is 12.1. The van der Waals surface area contributed by atoms with Crippen LogP contribution in [0.4, 0.5) is 11.8 Å². The van der Waals surface area contributed by atoms with E-state index in [2.05, 4.69) is 25.2 Å². The number of likely N-dealkylation sites (tertiary alicyclic amines) is 1. The van der Waals surface area contributed by atoms with Crippen molar-refractivity contribution in [2.75, 3.05) is 18.4 Å². The van der Waals surface area contributed by atoms with E-state index in [-0.39, 0.29) is 18.5 Å². The highest BCUT2D eigenvalue weighted by molar-refractivity contribution is 5.76. The summed E-state index contributed by atoms with van der Waals surface area (Å²) in [6.07, 6.45) is 5.42. The molecule has 7 heteroatoms. The van der Waals surface area contributed by atoms with Crippen molar-refractivity contribution in [1.82, 2.24) is 19.9 Å². The number of amides is 1. The van der Waals surface area contributed by atoms with Gasteiger partial charge in [-0.25, -0.2) is 15.0 Å². The van der Waals surface area contributed by atoms with Crippen molar-refractivity contribution in [3.8, 4) is 0 Å². The quantitative estimate of drug-likeness (QED) is 0.862. The zero-order valence-electron chi connectivity index (χ0n) is 12.1. The molecule has 0 bridgehead atoms. The number of aromatic nitrogens is 3. The summed E-state index contributed by atoms with van der Waals surface area (Å²) < 4.78 is 0. The van der Waals surface area contributed by atoms with Gasteiger partial charge < -0.3 is 11.1 Å². The number of primary amides is 1. The molecule has 0 aromatic carbocycles. The first kappa shape index (κ1) is 14.4. The maximum atomic E-state index is 11.2. The normalized spacial score (nSPS) is 18.3. The summed E-state index contributed by atoms with van der Waals surface area (Å²) >= 11 is 0. The molecule has 3 heterocycles. The summed E-state index contributed by atoms with van der Waals surface area (Å²) in [7, 11) is 0. The van der Waals surface area contributed by atoms with Gasteiger partial charge in [0.1, 0.15) is 5.82 Å². The Morgan fingerprint density at radius 1 is 1.32 bits per heavy atom. The molecule has 0 aliphatic carbocycles. The van der Waals surface area contributed by atoms with E-state index in [1.54, 1.807) is 12.4 Å². The topological polar surface area (TPSA) is 97.0 Å². The van der Waals surface area contributed by atoms with Gasteiger partial charge in [0.05, 0.1) is 18.3 Å². The fourth-order valence-corrected chi connectivity index (χ4v) is 2.72. The van der Waals surface area contributed by atoms with Crippen molar-refractivity contribution in [3.05, 3.63) is 42.4 Å². The van der Waals surface area contributed by atoms with E-state index in [1.165, 1.54) is 0 Å². The Balaban J connectivity index is 1.77. The molecule has 1 aliphatic rings. The highest BCUT2D eigenvalue weighted by Crippen LogP contribution is 2.30. The molecule has 1 saturated heterocycles. The number of carbonyl (C=O) groups excluding carboxylic acids is 1. The van der Waals surface area contributed by atoms with Gasteiger partial charge in [-0.15, -0.1) is 0 Å². The minimum atomic E-state index is -0.312. The molecule has 0 radical (unpaired) electrons. The number of hydrogen-bond donors (Lipinski definition) is 2. The van der Waals surface area contributed by atoms with Gasteiger partial charge in [0.15, 0.2) is 0 Å². The summed E-state index contributed by atoms with van der Waals surface area (Å²) in [5, 5.41) is 3.08. The first-order chi connectivity index (χ1) is 10.7. The van der Waals surface area contributed by atoms with Crippen molar-refractivity contribution in [3.63, 3.8) is 0 Å². The molecule has 1 fully saturated rings. The third-order valence-electron chi connectivity index (χ3n) is 3.65. The fourth-order valence-electron chi connectivity index (χ4n) is 2.72. The smallest absolute Gasteiger partial charge is 0.231 e. The van der Waals surface area contributed by atoms with E-state index in [0.717, 1.165) is 25.1 Å². The largest absolute Gasteiger partial charge is 0.369 e. The minimum Gasteiger partial charge on any atom is -0.369 e. The number of rotatable bonds is 5. The standard InChI is InChI=1S/C15H18N6O/c16-13(22)10-21-9-3-4-12(21)11-6-8-18-15(19-11)20-14-5-1-2-7-17-14/h1-2,5-8,12H,3-4,9-10H2,(H2,16,22)(H,17,18,19,20)/t12-/m0/s1. The molecule has 1 aliphatic heterocycles. The summed E-state index contributed by atoms with van der Waals surface area (Å²) in [5.41, 5.74) is 6.21. The van der Waals surface area contributed by atoms with Crippen LogP contribution in [0.3, 0.4) is 0 Å². The lowest BCUT2D eigenvalue weighted by Gasteiger charge is -2.22. The van der Waals surface area contributed by atoms with Crippen LogP contribution in [0.15, 0.2) is 36.7 Å². The summed E-state index contributed by atoms with van der Waals surface area (Å²) in [6.45, 7) is 1.12. The molecular weight excluding hydrogens is 280 g/mol. The van der Waals surface area contributed by atoms with Crippen LogP contribution in [0.1, 0.15) is 24.6 Å². The van der Waals surface area contributed by atoms with Gasteiger partial charge in [0, 0.05) is 12.4 Å². The van der Waals surface area contributed by atoms with Crippen LogP contribution in [0.5, 0.6) is 0 Å². The third-order valence-corrected chi connectivity index (χ3v) is 3.65. The highest BCUT2D eigenvalue weighted by Gasteiger charge is 2.28. The number of carbonyl (C=O) groups is 1. The molecule has 1 amide bonds. The Bertz CT molecular complexity index is 647. The number of hydrogen-bond acceptors (Lipinski definition) is 6. The Morgan fingerprint density at radius 3 is 3.00 bits per heavy atom. The first-order valence-electron chi connectivity index (χ1n) is 7.26. The molecule has 7 nitrogen and oxygen atoms in total. The van der Waals surface area contributed by atoms with E-state index in [4.69, 9.17) is 5.73 Å². The molecule has 22 heavy (non-hydrogen) atoms. The van der Waals surface area contributed by atoms with E-state index in [0.29, 0.717) is 11.8 Å². The first-order valence-corrected chi connectivity index (χ1v) is 7.26. The van der Waals surface area contributed by atoms with Gasteiger partial charge in [-0.3, -0.25) is 9.69 Å². The van der Waals surface area contributed by atoms with Crippen molar-refractivity contribution < 1.29 is 4.79 Å². The molecule has 0 spiro atoms. The lowest BCUT2D eigenvalue weighted by molar-refractivity contribution is -0.119. The molecule has 3 N–H and O–H groups in total. The maximum absolute atomic E-state index is 11.2. The molecule has 0 unspecified atom stereocenters. The highest BCUT2D eigenvalue weighted by atomic mass is 16.1. The average Bonchev–Trinajstić information content (AvgIpc) is 2.96. The molecular formula is C15H18N6O. The zero-order chi connectivity index (χ0) is 15.4. The molecule has 114 valence electrons. The lowest BCUT2D eigenvalue weighted by atomic mass is 10.1. The van der Waals surface area contributed by atoms with Crippen LogP contribution >= 0.6 is 0 Å². The maximum Gasteiger partial charge on any atom is 0.231 e. The second-order valence-corrected chi connectivity index (χ2v) is 5.24. The van der Waals surface area contributed by atoms with Crippen molar-refractivity contribution in [2.24, 2.45) is 5.73 Å². The fraction of sp³-hybridized carbons (Fsp3) is 0.333. The van der Waals surface area contributed by atoms with Crippen molar-refractivity contribution >= 4 is 17.7 Å². The van der Waals surface area contributed by atoms with Crippen molar-refractivity contribution in [2.45, 2.75) is 18.9 Å². The van der Waals surface area contributed by atoms with Gasteiger partial charge in [0.2, 0.25) is 11.9 Å². The number of pyridine rings is 1. The number of anilines is 2. The van der Waals surface area contributed by atoms with E-state index in [9.17, 15) is 4.79 Å². The Kier molecular flexibility index (Phi) is 4.24. The van der Waals surface area contributed by atoms with Gasteiger partial charge in [-0.05, 0) is 37.6 Å². The Morgan fingerprint density at radius 2 is 2.23 bits per heavy atom. The molecule has 3 rings (SSSR count). The van der Waals surface area contributed by atoms with Gasteiger partial charge in [0.25, 0.3) is 0 Å². The van der Waals surface area contributed by atoms with E-state index < -0.39 is 0 Å². The molecule has 0 saturated carbocycles. The van der Waals surface area contributed by atoms with Crippen LogP contribution < -0.4 is 11.1 Å². The number of nitrogens with zero attached hydrogens (tertiary/aromatic N) is 4. The van der Waals surface area contributed by atoms with Crippen LogP contribution in [-0.2, 0) is 4.79 Å².